The molecule has 1 aliphatic heterocycles. The van der Waals surface area contributed by atoms with Gasteiger partial charge in [0.1, 0.15) is 0 Å². The molecular weight excluding hydrogens is 390 g/mol. The number of benzene rings is 2. The number of nitrogens with zero attached hydrogens (tertiary/aromatic N) is 4. The summed E-state index contributed by atoms with van der Waals surface area (Å²) in [5.41, 5.74) is 2.59. The number of hydrogen-bond acceptors (Lipinski definition) is 4. The van der Waals surface area contributed by atoms with Crippen molar-refractivity contribution in [1.82, 2.24) is 19.8 Å². The van der Waals surface area contributed by atoms with E-state index in [1.807, 2.05) is 71.3 Å². The SMILES string of the molecule is CC[C@H](C)NC(=O)N1CCN(c2nc3ccccc3n(Cc3ccccc3)c2=O)CC1. The van der Waals surface area contributed by atoms with Gasteiger partial charge in [-0.25, -0.2) is 9.78 Å². The number of urea groups is 1. The number of fused-ring (bicyclic) bond motifs is 1. The second-order valence-corrected chi connectivity index (χ2v) is 8.03. The van der Waals surface area contributed by atoms with Gasteiger partial charge in [0.2, 0.25) is 0 Å². The quantitative estimate of drug-likeness (QED) is 0.690. The van der Waals surface area contributed by atoms with Gasteiger partial charge in [0, 0.05) is 32.2 Å². The number of amides is 2. The molecule has 2 amide bonds. The van der Waals surface area contributed by atoms with Gasteiger partial charge in [0.05, 0.1) is 17.6 Å². The Kier molecular flexibility index (Phi) is 6.21. The summed E-state index contributed by atoms with van der Waals surface area (Å²) < 4.78 is 1.80. The molecule has 0 aliphatic carbocycles. The summed E-state index contributed by atoms with van der Waals surface area (Å²) in [6.07, 6.45) is 0.896. The van der Waals surface area contributed by atoms with Crippen LogP contribution in [0.5, 0.6) is 0 Å². The Morgan fingerprint density at radius 1 is 1.03 bits per heavy atom. The molecule has 1 atom stereocenters. The second-order valence-electron chi connectivity index (χ2n) is 8.03. The van der Waals surface area contributed by atoms with Crippen LogP contribution >= 0.6 is 0 Å². The van der Waals surface area contributed by atoms with E-state index in [2.05, 4.69) is 12.2 Å². The molecule has 0 spiro atoms. The number of piperazine rings is 1. The molecular formula is C24H29N5O2. The maximum atomic E-state index is 13.5. The molecule has 1 fully saturated rings. The first-order valence-corrected chi connectivity index (χ1v) is 10.9. The summed E-state index contributed by atoms with van der Waals surface area (Å²) in [6, 6.07) is 17.8. The molecule has 2 aromatic carbocycles. The Bertz CT molecular complexity index is 1100. The van der Waals surface area contributed by atoms with E-state index in [4.69, 9.17) is 4.98 Å². The third kappa shape index (κ3) is 4.55. The second kappa shape index (κ2) is 9.20. The van der Waals surface area contributed by atoms with Crippen LogP contribution in [-0.4, -0.2) is 52.7 Å². The van der Waals surface area contributed by atoms with Gasteiger partial charge < -0.3 is 15.1 Å². The standard InChI is InChI=1S/C24H29N5O2/c1-3-18(2)25-24(31)28-15-13-27(14-16-28)22-23(30)29(17-19-9-5-4-6-10-19)21-12-8-7-11-20(21)26-22/h4-12,18H,3,13-17H2,1-2H3,(H,25,31)/t18-/m0/s1. The van der Waals surface area contributed by atoms with E-state index in [0.29, 0.717) is 38.5 Å². The average Bonchev–Trinajstić information content (AvgIpc) is 2.81. The van der Waals surface area contributed by atoms with Crippen LogP contribution in [0.15, 0.2) is 59.4 Å². The maximum absolute atomic E-state index is 13.5. The van der Waals surface area contributed by atoms with Gasteiger partial charge in [-0.1, -0.05) is 49.4 Å². The number of nitrogens with one attached hydrogen (secondary N) is 1. The third-order valence-corrected chi connectivity index (χ3v) is 5.87. The minimum atomic E-state index is -0.0972. The molecule has 0 radical (unpaired) electrons. The molecule has 2 heterocycles. The van der Waals surface area contributed by atoms with E-state index in [9.17, 15) is 9.59 Å². The number of para-hydroxylation sites is 2. The highest BCUT2D eigenvalue weighted by Crippen LogP contribution is 2.17. The monoisotopic (exact) mass is 419 g/mol. The molecule has 0 bridgehead atoms. The molecule has 162 valence electrons. The van der Waals surface area contributed by atoms with Gasteiger partial charge >= 0.3 is 6.03 Å². The van der Waals surface area contributed by atoms with Crippen LogP contribution in [0.1, 0.15) is 25.8 Å². The van der Waals surface area contributed by atoms with Crippen molar-refractivity contribution < 1.29 is 4.79 Å². The Morgan fingerprint density at radius 3 is 2.42 bits per heavy atom. The van der Waals surface area contributed by atoms with Gasteiger partial charge in [-0.15, -0.1) is 0 Å². The Morgan fingerprint density at radius 2 is 1.71 bits per heavy atom. The highest BCUT2D eigenvalue weighted by Gasteiger charge is 2.25. The molecule has 1 aliphatic rings. The molecule has 3 aromatic rings. The van der Waals surface area contributed by atoms with Crippen LogP contribution in [0.2, 0.25) is 0 Å². The molecule has 7 nitrogen and oxygen atoms in total. The average molecular weight is 420 g/mol. The summed E-state index contributed by atoms with van der Waals surface area (Å²) in [4.78, 5) is 34.4. The van der Waals surface area contributed by atoms with Crippen molar-refractivity contribution in [2.45, 2.75) is 32.9 Å². The van der Waals surface area contributed by atoms with Gasteiger partial charge in [0.25, 0.3) is 5.56 Å². The Hall–Kier alpha value is -3.35. The van der Waals surface area contributed by atoms with Crippen LogP contribution in [0.3, 0.4) is 0 Å². The highest BCUT2D eigenvalue weighted by atomic mass is 16.2. The van der Waals surface area contributed by atoms with E-state index >= 15 is 0 Å². The van der Waals surface area contributed by atoms with Gasteiger partial charge in [-0.3, -0.25) is 9.36 Å². The van der Waals surface area contributed by atoms with Crippen molar-refractivity contribution in [3.63, 3.8) is 0 Å². The van der Waals surface area contributed by atoms with E-state index in [1.54, 1.807) is 4.57 Å². The van der Waals surface area contributed by atoms with Crippen LogP contribution in [0.4, 0.5) is 10.6 Å². The molecule has 1 aromatic heterocycles. The van der Waals surface area contributed by atoms with Crippen molar-refractivity contribution in [2.75, 3.05) is 31.1 Å². The number of rotatable bonds is 5. The highest BCUT2D eigenvalue weighted by molar-refractivity contribution is 5.77. The van der Waals surface area contributed by atoms with Gasteiger partial charge in [-0.2, -0.15) is 0 Å². The van der Waals surface area contributed by atoms with E-state index < -0.39 is 0 Å². The van der Waals surface area contributed by atoms with Crippen LogP contribution < -0.4 is 15.8 Å². The lowest BCUT2D eigenvalue weighted by molar-refractivity contribution is 0.190. The molecule has 7 heteroatoms. The summed E-state index contributed by atoms with van der Waals surface area (Å²) in [7, 11) is 0. The predicted molar refractivity (Wildman–Crippen MR) is 124 cm³/mol. The number of hydrogen-bond donors (Lipinski definition) is 1. The normalized spacial score (nSPS) is 15.2. The van der Waals surface area contributed by atoms with E-state index in [1.165, 1.54) is 0 Å². The van der Waals surface area contributed by atoms with Crippen LogP contribution in [0.25, 0.3) is 11.0 Å². The predicted octanol–water partition coefficient (Wildman–Crippen LogP) is 3.07. The van der Waals surface area contributed by atoms with Crippen molar-refractivity contribution in [3.8, 4) is 0 Å². The van der Waals surface area contributed by atoms with Crippen molar-refractivity contribution in [1.29, 1.82) is 0 Å². The first-order chi connectivity index (χ1) is 15.1. The lowest BCUT2D eigenvalue weighted by atomic mass is 10.2. The lowest BCUT2D eigenvalue weighted by Gasteiger charge is -2.35. The number of carbonyl (C=O) groups excluding carboxylic acids is 1. The fraction of sp³-hybridized carbons (Fsp3) is 0.375. The fourth-order valence-corrected chi connectivity index (χ4v) is 3.83. The summed E-state index contributed by atoms with van der Waals surface area (Å²) in [5.74, 6) is 0.455. The van der Waals surface area contributed by atoms with E-state index in [-0.39, 0.29) is 17.6 Å². The largest absolute Gasteiger partial charge is 0.348 e. The summed E-state index contributed by atoms with van der Waals surface area (Å²) in [5, 5.41) is 3.01. The zero-order chi connectivity index (χ0) is 21.8. The van der Waals surface area contributed by atoms with Crippen LogP contribution in [-0.2, 0) is 6.54 Å². The Balaban J connectivity index is 1.60. The number of carbonyl (C=O) groups is 1. The first kappa shape index (κ1) is 20.9. The van der Waals surface area contributed by atoms with Crippen LogP contribution in [0, 0.1) is 0 Å². The fourth-order valence-electron chi connectivity index (χ4n) is 3.83. The van der Waals surface area contributed by atoms with Gasteiger partial charge in [-0.05, 0) is 31.0 Å². The molecule has 0 saturated carbocycles. The maximum Gasteiger partial charge on any atom is 0.317 e. The Labute approximate surface area is 182 Å². The number of anilines is 1. The van der Waals surface area contributed by atoms with Gasteiger partial charge in [0.15, 0.2) is 5.82 Å². The van der Waals surface area contributed by atoms with Crippen molar-refractivity contribution >= 4 is 22.9 Å². The number of aromatic nitrogens is 2. The van der Waals surface area contributed by atoms with Crippen molar-refractivity contribution in [2.24, 2.45) is 0 Å². The first-order valence-electron chi connectivity index (χ1n) is 10.9. The minimum Gasteiger partial charge on any atom is -0.348 e. The smallest absolute Gasteiger partial charge is 0.317 e. The zero-order valence-corrected chi connectivity index (χ0v) is 18.1. The molecule has 1 N–H and O–H groups in total. The lowest BCUT2D eigenvalue weighted by Crippen LogP contribution is -2.54. The zero-order valence-electron chi connectivity index (χ0n) is 18.1. The minimum absolute atomic E-state index is 0.0399. The summed E-state index contributed by atoms with van der Waals surface area (Å²) in [6.45, 7) is 6.84. The molecule has 1 saturated heterocycles. The topological polar surface area (TPSA) is 70.5 Å². The molecule has 31 heavy (non-hydrogen) atoms. The van der Waals surface area contributed by atoms with Crippen molar-refractivity contribution in [3.05, 3.63) is 70.5 Å². The molecule has 0 unspecified atom stereocenters. The van der Waals surface area contributed by atoms with E-state index in [0.717, 1.165) is 23.0 Å². The molecule has 4 rings (SSSR count). The summed E-state index contributed by atoms with van der Waals surface area (Å²) >= 11 is 0. The third-order valence-electron chi connectivity index (χ3n) is 5.87.